The van der Waals surface area contributed by atoms with Gasteiger partial charge in [-0.2, -0.15) is 0 Å². The number of hydrogen-bond donors (Lipinski definition) is 1. The van der Waals surface area contributed by atoms with Gasteiger partial charge in [-0.05, 0) is 37.5 Å². The van der Waals surface area contributed by atoms with E-state index in [2.05, 4.69) is 25.0 Å². The van der Waals surface area contributed by atoms with Crippen LogP contribution in [0.15, 0.2) is 59.8 Å². The van der Waals surface area contributed by atoms with Crippen molar-refractivity contribution in [3.8, 4) is 0 Å². The maximum atomic E-state index is 13.4. The van der Waals surface area contributed by atoms with Crippen molar-refractivity contribution in [3.05, 3.63) is 65.7 Å². The van der Waals surface area contributed by atoms with Crippen molar-refractivity contribution >= 4 is 29.3 Å². The van der Waals surface area contributed by atoms with Gasteiger partial charge in [-0.15, -0.1) is 10.2 Å². The van der Waals surface area contributed by atoms with Crippen LogP contribution in [0.1, 0.15) is 35.3 Å². The number of carbonyl (C=O) groups is 1. The zero-order chi connectivity index (χ0) is 21.9. The highest BCUT2D eigenvalue weighted by molar-refractivity contribution is 8.00. The van der Waals surface area contributed by atoms with Crippen molar-refractivity contribution in [2.24, 2.45) is 0 Å². The van der Waals surface area contributed by atoms with Crippen molar-refractivity contribution in [1.82, 2.24) is 14.8 Å². The number of hydrogen-bond acceptors (Lipinski definition) is 6. The molecule has 1 atom stereocenters. The molecule has 2 heterocycles. The van der Waals surface area contributed by atoms with E-state index in [1.54, 1.807) is 0 Å². The number of carbonyl (C=O) groups excluding carboxylic acids is 1. The fourth-order valence-corrected chi connectivity index (χ4v) is 4.93. The minimum atomic E-state index is -0.434. The number of thioether (sulfide) groups is 1. The van der Waals surface area contributed by atoms with Gasteiger partial charge in [0.05, 0.1) is 13.2 Å². The summed E-state index contributed by atoms with van der Waals surface area (Å²) >= 11 is 1.47. The fraction of sp³-hybridized carbons (Fsp3) is 0.375. The lowest BCUT2D eigenvalue weighted by Crippen LogP contribution is -2.38. The summed E-state index contributed by atoms with van der Waals surface area (Å²) in [5, 5.41) is 12.5. The summed E-state index contributed by atoms with van der Waals surface area (Å²) in [6.45, 7) is 5.05. The van der Waals surface area contributed by atoms with E-state index < -0.39 is 5.25 Å². The first-order chi connectivity index (χ1) is 15.7. The van der Waals surface area contributed by atoms with Crippen LogP contribution in [0.25, 0.3) is 0 Å². The standard InChI is InChI=1S/C24H27N5O2S/c1-17-7-9-19(10-8-17)25-22(30)21(18-5-3-2-4-6-18)32-24-27-26-23(29(24)20-11-12-20)28-13-15-31-16-14-28/h2-10,20-21H,11-16H2,1H3,(H,25,30). The summed E-state index contributed by atoms with van der Waals surface area (Å²) in [4.78, 5) is 15.6. The normalized spacial score (nSPS) is 17.2. The number of nitrogens with one attached hydrogen (secondary N) is 1. The third kappa shape index (κ3) is 4.66. The second-order valence-corrected chi connectivity index (χ2v) is 9.32. The number of aryl methyl sites for hydroxylation is 1. The Kier molecular flexibility index (Phi) is 6.14. The first-order valence-corrected chi connectivity index (χ1v) is 11.9. The average molecular weight is 450 g/mol. The lowest BCUT2D eigenvalue weighted by atomic mass is 10.1. The zero-order valence-electron chi connectivity index (χ0n) is 18.1. The molecule has 1 saturated carbocycles. The van der Waals surface area contributed by atoms with Gasteiger partial charge in [-0.25, -0.2) is 0 Å². The zero-order valence-corrected chi connectivity index (χ0v) is 18.9. The molecule has 3 aromatic rings. The van der Waals surface area contributed by atoms with Gasteiger partial charge < -0.3 is 15.0 Å². The summed E-state index contributed by atoms with van der Waals surface area (Å²) in [5.74, 6) is 0.826. The number of anilines is 2. The third-order valence-electron chi connectivity index (χ3n) is 5.74. The molecule has 7 nitrogen and oxygen atoms in total. The Hall–Kier alpha value is -2.84. The number of rotatable bonds is 7. The highest BCUT2D eigenvalue weighted by Crippen LogP contribution is 2.44. The maximum absolute atomic E-state index is 13.4. The molecule has 0 spiro atoms. The smallest absolute Gasteiger partial charge is 0.242 e. The molecule has 166 valence electrons. The summed E-state index contributed by atoms with van der Waals surface area (Å²) in [7, 11) is 0. The van der Waals surface area contributed by atoms with Crippen LogP contribution in [0, 0.1) is 6.92 Å². The molecule has 5 rings (SSSR count). The highest BCUT2D eigenvalue weighted by atomic mass is 32.2. The third-order valence-corrected chi connectivity index (χ3v) is 6.95. The Morgan fingerprint density at radius 1 is 1.06 bits per heavy atom. The monoisotopic (exact) mass is 449 g/mol. The molecule has 2 aromatic carbocycles. The predicted octanol–water partition coefficient (Wildman–Crippen LogP) is 4.23. The van der Waals surface area contributed by atoms with Gasteiger partial charge in [0, 0.05) is 24.8 Å². The average Bonchev–Trinajstić information content (AvgIpc) is 3.59. The van der Waals surface area contributed by atoms with E-state index in [1.807, 2.05) is 61.5 Å². The Morgan fingerprint density at radius 3 is 2.47 bits per heavy atom. The van der Waals surface area contributed by atoms with Crippen LogP contribution < -0.4 is 10.2 Å². The van der Waals surface area contributed by atoms with Gasteiger partial charge in [-0.1, -0.05) is 59.8 Å². The van der Waals surface area contributed by atoms with Crippen LogP contribution in [0.2, 0.25) is 0 Å². The van der Waals surface area contributed by atoms with Crippen molar-refractivity contribution < 1.29 is 9.53 Å². The van der Waals surface area contributed by atoms with Crippen LogP contribution in [0.4, 0.5) is 11.6 Å². The molecule has 2 aliphatic rings. The second kappa shape index (κ2) is 9.34. The molecule has 0 radical (unpaired) electrons. The lowest BCUT2D eigenvalue weighted by Gasteiger charge is -2.28. The van der Waals surface area contributed by atoms with E-state index in [9.17, 15) is 4.79 Å². The molecule has 1 N–H and O–H groups in total. The second-order valence-electron chi connectivity index (χ2n) is 8.25. The minimum absolute atomic E-state index is 0.0664. The first-order valence-electron chi connectivity index (χ1n) is 11.1. The van der Waals surface area contributed by atoms with Gasteiger partial charge in [0.1, 0.15) is 5.25 Å². The largest absolute Gasteiger partial charge is 0.378 e. The Labute approximate surface area is 192 Å². The van der Waals surface area contributed by atoms with E-state index in [1.165, 1.54) is 11.8 Å². The predicted molar refractivity (Wildman–Crippen MR) is 126 cm³/mol. The molecule has 2 fully saturated rings. The van der Waals surface area contributed by atoms with Gasteiger partial charge in [0.15, 0.2) is 5.16 Å². The molecule has 32 heavy (non-hydrogen) atoms. The van der Waals surface area contributed by atoms with Crippen LogP contribution >= 0.6 is 11.8 Å². The molecule has 1 unspecified atom stereocenters. The molecule has 1 saturated heterocycles. The molecular weight excluding hydrogens is 422 g/mol. The number of benzene rings is 2. The van der Waals surface area contributed by atoms with Crippen LogP contribution in [0.5, 0.6) is 0 Å². The molecule has 1 aromatic heterocycles. The topological polar surface area (TPSA) is 72.3 Å². The van der Waals surface area contributed by atoms with E-state index >= 15 is 0 Å². The van der Waals surface area contributed by atoms with Crippen LogP contribution in [-0.2, 0) is 9.53 Å². The van der Waals surface area contributed by atoms with E-state index in [-0.39, 0.29) is 5.91 Å². The highest BCUT2D eigenvalue weighted by Gasteiger charge is 2.34. The molecule has 8 heteroatoms. The van der Waals surface area contributed by atoms with Gasteiger partial charge in [-0.3, -0.25) is 9.36 Å². The van der Waals surface area contributed by atoms with Crippen molar-refractivity contribution in [3.63, 3.8) is 0 Å². The van der Waals surface area contributed by atoms with Gasteiger partial charge in [0.2, 0.25) is 11.9 Å². The molecule has 0 bridgehead atoms. The Balaban J connectivity index is 1.43. The van der Waals surface area contributed by atoms with Gasteiger partial charge in [0.25, 0.3) is 0 Å². The summed E-state index contributed by atoms with van der Waals surface area (Å²) in [5.41, 5.74) is 2.89. The molecule has 1 aliphatic heterocycles. The van der Waals surface area contributed by atoms with Crippen molar-refractivity contribution in [2.75, 3.05) is 36.5 Å². The summed E-state index contributed by atoms with van der Waals surface area (Å²) in [6, 6.07) is 18.2. The fourth-order valence-electron chi connectivity index (χ4n) is 3.83. The van der Waals surface area contributed by atoms with Gasteiger partial charge >= 0.3 is 0 Å². The van der Waals surface area contributed by atoms with Crippen LogP contribution in [-0.4, -0.2) is 47.0 Å². The number of morpholine rings is 1. The first kappa shape index (κ1) is 21.0. The Morgan fingerprint density at radius 2 is 1.78 bits per heavy atom. The summed E-state index contributed by atoms with van der Waals surface area (Å²) in [6.07, 6.45) is 2.24. The molecular formula is C24H27N5O2S. The van der Waals surface area contributed by atoms with E-state index in [0.29, 0.717) is 19.3 Å². The van der Waals surface area contributed by atoms with Crippen molar-refractivity contribution in [1.29, 1.82) is 0 Å². The number of ether oxygens (including phenoxy) is 1. The minimum Gasteiger partial charge on any atom is -0.378 e. The molecule has 1 amide bonds. The molecule has 1 aliphatic carbocycles. The number of aromatic nitrogens is 3. The SMILES string of the molecule is Cc1ccc(NC(=O)C(Sc2nnc(N3CCOCC3)n2C2CC2)c2ccccc2)cc1. The maximum Gasteiger partial charge on any atom is 0.242 e. The Bertz CT molecular complexity index is 1060. The van der Waals surface area contributed by atoms with Crippen molar-refractivity contribution in [2.45, 2.75) is 36.2 Å². The quantitative estimate of drug-likeness (QED) is 0.544. The number of amides is 1. The summed E-state index contributed by atoms with van der Waals surface area (Å²) < 4.78 is 7.73. The lowest BCUT2D eigenvalue weighted by molar-refractivity contribution is -0.115. The number of nitrogens with zero attached hydrogens (tertiary/aromatic N) is 4. The van der Waals surface area contributed by atoms with Crippen LogP contribution in [0.3, 0.4) is 0 Å². The van der Waals surface area contributed by atoms with E-state index in [0.717, 1.165) is 53.9 Å². The van der Waals surface area contributed by atoms with E-state index in [4.69, 9.17) is 4.74 Å².